The van der Waals surface area contributed by atoms with Crippen molar-refractivity contribution in [3.8, 4) is 0 Å². The Bertz CT molecular complexity index is 336. The molecule has 1 saturated heterocycles. The zero-order valence-corrected chi connectivity index (χ0v) is 10.5. The van der Waals surface area contributed by atoms with Crippen molar-refractivity contribution in [1.82, 2.24) is 15.8 Å². The van der Waals surface area contributed by atoms with Gasteiger partial charge in [-0.1, -0.05) is 5.16 Å². The SMILES string of the molecule is O=C(CSC1CCNCC1)NCc1ccno1. The third-order valence-electron chi connectivity index (χ3n) is 2.69. The van der Waals surface area contributed by atoms with Crippen LogP contribution in [0.5, 0.6) is 0 Å². The molecule has 0 radical (unpaired) electrons. The second kappa shape index (κ2) is 6.66. The molecule has 2 heterocycles. The number of nitrogens with zero attached hydrogens (tertiary/aromatic N) is 1. The summed E-state index contributed by atoms with van der Waals surface area (Å²) in [7, 11) is 0. The highest BCUT2D eigenvalue weighted by atomic mass is 32.2. The van der Waals surface area contributed by atoms with E-state index >= 15 is 0 Å². The van der Waals surface area contributed by atoms with E-state index < -0.39 is 0 Å². The maximum atomic E-state index is 11.6. The summed E-state index contributed by atoms with van der Waals surface area (Å²) in [5.41, 5.74) is 0. The van der Waals surface area contributed by atoms with E-state index in [0.29, 0.717) is 23.3 Å². The van der Waals surface area contributed by atoms with Gasteiger partial charge in [0.05, 0.1) is 18.5 Å². The molecular formula is C11H17N3O2S. The van der Waals surface area contributed by atoms with E-state index in [9.17, 15) is 4.79 Å². The van der Waals surface area contributed by atoms with Gasteiger partial charge in [-0.25, -0.2) is 0 Å². The summed E-state index contributed by atoms with van der Waals surface area (Å²) in [6.45, 7) is 2.56. The van der Waals surface area contributed by atoms with Gasteiger partial charge >= 0.3 is 0 Å². The number of piperidine rings is 1. The fourth-order valence-electron chi connectivity index (χ4n) is 1.73. The molecule has 1 fully saturated rings. The Hall–Kier alpha value is -1.01. The molecule has 0 aromatic carbocycles. The molecule has 0 bridgehead atoms. The van der Waals surface area contributed by atoms with E-state index in [2.05, 4.69) is 15.8 Å². The van der Waals surface area contributed by atoms with E-state index in [-0.39, 0.29) is 5.91 Å². The van der Waals surface area contributed by atoms with Crippen LogP contribution >= 0.6 is 11.8 Å². The van der Waals surface area contributed by atoms with E-state index in [1.54, 1.807) is 24.0 Å². The lowest BCUT2D eigenvalue weighted by molar-refractivity contribution is -0.118. The average Bonchev–Trinajstić information content (AvgIpc) is 2.88. The third kappa shape index (κ3) is 4.40. The highest BCUT2D eigenvalue weighted by Crippen LogP contribution is 2.19. The van der Waals surface area contributed by atoms with Gasteiger partial charge in [0.25, 0.3) is 0 Å². The minimum absolute atomic E-state index is 0.0601. The molecule has 0 saturated carbocycles. The minimum atomic E-state index is 0.0601. The van der Waals surface area contributed by atoms with Gasteiger partial charge in [0, 0.05) is 11.3 Å². The number of aromatic nitrogens is 1. The van der Waals surface area contributed by atoms with Crippen LogP contribution in [-0.2, 0) is 11.3 Å². The molecule has 0 aliphatic carbocycles. The van der Waals surface area contributed by atoms with Crippen LogP contribution in [0.25, 0.3) is 0 Å². The summed E-state index contributed by atoms with van der Waals surface area (Å²) in [5.74, 6) is 1.27. The molecule has 17 heavy (non-hydrogen) atoms. The number of hydrogen-bond donors (Lipinski definition) is 2. The molecule has 6 heteroatoms. The second-order valence-electron chi connectivity index (χ2n) is 4.02. The summed E-state index contributed by atoms with van der Waals surface area (Å²) in [5, 5.41) is 10.3. The van der Waals surface area contributed by atoms with Crippen LogP contribution in [0.15, 0.2) is 16.8 Å². The molecule has 1 aromatic rings. The van der Waals surface area contributed by atoms with Crippen molar-refractivity contribution < 1.29 is 9.32 Å². The fourth-order valence-corrected chi connectivity index (χ4v) is 2.78. The number of carbonyl (C=O) groups excluding carboxylic acids is 1. The first kappa shape index (κ1) is 12.4. The number of thioether (sulfide) groups is 1. The first-order chi connectivity index (χ1) is 8.34. The van der Waals surface area contributed by atoms with Gasteiger partial charge in [-0.3, -0.25) is 4.79 Å². The van der Waals surface area contributed by atoms with Gasteiger partial charge in [0.15, 0.2) is 5.76 Å². The third-order valence-corrected chi connectivity index (χ3v) is 4.06. The maximum Gasteiger partial charge on any atom is 0.230 e. The lowest BCUT2D eigenvalue weighted by Crippen LogP contribution is -2.31. The first-order valence-corrected chi connectivity index (χ1v) is 6.88. The van der Waals surface area contributed by atoms with E-state index in [0.717, 1.165) is 25.9 Å². The topological polar surface area (TPSA) is 67.2 Å². The van der Waals surface area contributed by atoms with Gasteiger partial charge < -0.3 is 15.2 Å². The standard InChI is InChI=1S/C11H17N3O2S/c15-11(13-7-9-1-6-14-16-9)8-17-10-2-4-12-5-3-10/h1,6,10,12H,2-5,7-8H2,(H,13,15). The van der Waals surface area contributed by atoms with Crippen molar-refractivity contribution in [2.75, 3.05) is 18.8 Å². The number of carbonyl (C=O) groups is 1. The Morgan fingerprint density at radius 1 is 1.59 bits per heavy atom. The van der Waals surface area contributed by atoms with Crippen molar-refractivity contribution in [2.45, 2.75) is 24.6 Å². The van der Waals surface area contributed by atoms with Crippen LogP contribution in [0.2, 0.25) is 0 Å². The highest BCUT2D eigenvalue weighted by Gasteiger charge is 2.14. The van der Waals surface area contributed by atoms with Crippen molar-refractivity contribution in [3.63, 3.8) is 0 Å². The largest absolute Gasteiger partial charge is 0.360 e. The van der Waals surface area contributed by atoms with Crippen molar-refractivity contribution in [1.29, 1.82) is 0 Å². The number of nitrogens with one attached hydrogen (secondary N) is 2. The maximum absolute atomic E-state index is 11.6. The van der Waals surface area contributed by atoms with Crippen LogP contribution in [0.3, 0.4) is 0 Å². The lowest BCUT2D eigenvalue weighted by atomic mass is 10.2. The van der Waals surface area contributed by atoms with E-state index in [1.807, 2.05) is 0 Å². The number of rotatable bonds is 5. The molecule has 0 unspecified atom stereocenters. The normalized spacial score (nSPS) is 16.9. The minimum Gasteiger partial charge on any atom is -0.360 e. The van der Waals surface area contributed by atoms with Crippen molar-refractivity contribution in [2.24, 2.45) is 0 Å². The Morgan fingerprint density at radius 3 is 3.12 bits per heavy atom. The molecule has 0 spiro atoms. The van der Waals surface area contributed by atoms with Crippen molar-refractivity contribution >= 4 is 17.7 Å². The molecule has 2 rings (SSSR count). The van der Waals surface area contributed by atoms with Gasteiger partial charge in [0.2, 0.25) is 5.91 Å². The van der Waals surface area contributed by atoms with Crippen LogP contribution < -0.4 is 10.6 Å². The number of hydrogen-bond acceptors (Lipinski definition) is 5. The summed E-state index contributed by atoms with van der Waals surface area (Å²) >= 11 is 1.74. The predicted molar refractivity (Wildman–Crippen MR) is 66.7 cm³/mol. The summed E-state index contributed by atoms with van der Waals surface area (Å²) in [6.07, 6.45) is 3.88. The molecule has 94 valence electrons. The Kier molecular flexibility index (Phi) is 4.88. The van der Waals surface area contributed by atoms with Crippen LogP contribution in [0.4, 0.5) is 0 Å². The predicted octanol–water partition coefficient (Wildman–Crippen LogP) is 0.776. The van der Waals surface area contributed by atoms with Gasteiger partial charge in [-0.15, -0.1) is 11.8 Å². The summed E-state index contributed by atoms with van der Waals surface area (Å²) in [6, 6.07) is 1.75. The Morgan fingerprint density at radius 2 is 2.41 bits per heavy atom. The molecular weight excluding hydrogens is 238 g/mol. The smallest absolute Gasteiger partial charge is 0.230 e. The molecule has 1 aromatic heterocycles. The molecule has 1 amide bonds. The molecule has 5 nitrogen and oxygen atoms in total. The van der Waals surface area contributed by atoms with Gasteiger partial charge in [-0.2, -0.15) is 0 Å². The average molecular weight is 255 g/mol. The van der Waals surface area contributed by atoms with Crippen molar-refractivity contribution in [3.05, 3.63) is 18.0 Å². The second-order valence-corrected chi connectivity index (χ2v) is 5.30. The molecule has 1 aliphatic heterocycles. The van der Waals surface area contributed by atoms with E-state index in [4.69, 9.17) is 4.52 Å². The van der Waals surface area contributed by atoms with Crippen LogP contribution in [0.1, 0.15) is 18.6 Å². The zero-order chi connectivity index (χ0) is 11.9. The summed E-state index contributed by atoms with van der Waals surface area (Å²) < 4.78 is 4.90. The molecule has 2 N–H and O–H groups in total. The zero-order valence-electron chi connectivity index (χ0n) is 9.65. The van der Waals surface area contributed by atoms with Crippen LogP contribution in [-0.4, -0.2) is 35.2 Å². The highest BCUT2D eigenvalue weighted by molar-refractivity contribution is 8.00. The van der Waals surface area contributed by atoms with Gasteiger partial charge in [0.1, 0.15) is 0 Å². The van der Waals surface area contributed by atoms with Gasteiger partial charge in [-0.05, 0) is 25.9 Å². The Balaban J connectivity index is 1.60. The quantitative estimate of drug-likeness (QED) is 0.813. The van der Waals surface area contributed by atoms with E-state index in [1.165, 1.54) is 0 Å². The molecule has 1 aliphatic rings. The lowest BCUT2D eigenvalue weighted by Gasteiger charge is -2.21. The Labute approximate surface area is 105 Å². The molecule has 0 atom stereocenters. The monoisotopic (exact) mass is 255 g/mol. The fraction of sp³-hybridized carbons (Fsp3) is 0.636. The first-order valence-electron chi connectivity index (χ1n) is 5.83. The number of amides is 1. The summed E-state index contributed by atoms with van der Waals surface area (Å²) in [4.78, 5) is 11.6. The van der Waals surface area contributed by atoms with Crippen LogP contribution in [0, 0.1) is 0 Å².